The second kappa shape index (κ2) is 8.10. The number of hydrogen-bond acceptors (Lipinski definition) is 3. The number of phenols is 1. The molecule has 0 saturated carbocycles. The fraction of sp³-hybridized carbons (Fsp3) is 0.118. The van der Waals surface area contributed by atoms with Crippen LogP contribution < -0.4 is 0 Å². The molecule has 3 aromatic rings. The summed E-state index contributed by atoms with van der Waals surface area (Å²) in [5.41, 5.74) is 1.80. The van der Waals surface area contributed by atoms with E-state index >= 15 is 0 Å². The lowest BCUT2D eigenvalue weighted by Crippen LogP contribution is -2.03. The Labute approximate surface area is 149 Å². The van der Waals surface area contributed by atoms with Gasteiger partial charge in [-0.15, -0.1) is 24.2 Å². The van der Waals surface area contributed by atoms with Gasteiger partial charge >= 0.3 is 5.97 Å². The maximum atomic E-state index is 11.7. The predicted octanol–water partition coefficient (Wildman–Crippen LogP) is 3.47. The third-order valence-corrected chi connectivity index (χ3v) is 4.66. The first-order valence-corrected chi connectivity index (χ1v) is 7.78. The van der Waals surface area contributed by atoms with Gasteiger partial charge < -0.3 is 20.3 Å². The van der Waals surface area contributed by atoms with E-state index in [1.807, 2.05) is 41.9 Å². The quantitative estimate of drug-likeness (QED) is 0.690. The number of benzene rings is 2. The zero-order valence-corrected chi connectivity index (χ0v) is 14.5. The molecule has 0 amide bonds. The molecule has 5 nitrogen and oxygen atoms in total. The first-order chi connectivity index (χ1) is 10.6. The molecule has 0 fully saturated rings. The molecule has 7 heteroatoms. The average Bonchev–Trinajstić information content (AvgIpc) is 2.78. The third kappa shape index (κ3) is 3.67. The molecule has 0 unspecified atom stereocenters. The van der Waals surface area contributed by atoms with Crippen molar-refractivity contribution in [1.82, 2.24) is 4.57 Å². The fourth-order valence-corrected chi connectivity index (χ4v) is 3.55. The second-order valence-corrected chi connectivity index (χ2v) is 6.04. The van der Waals surface area contributed by atoms with Crippen molar-refractivity contribution in [2.45, 2.75) is 10.6 Å². The zero-order chi connectivity index (χ0) is 15.7. The molecule has 1 heterocycles. The maximum Gasteiger partial charge on any atom is 0.338 e. The Balaban J connectivity index is 0.00000144. The molecule has 128 valence electrons. The van der Waals surface area contributed by atoms with Gasteiger partial charge in [-0.2, -0.15) is 0 Å². The normalized spacial score (nSPS) is 10.0. The molecule has 0 aliphatic rings. The van der Waals surface area contributed by atoms with Crippen LogP contribution >= 0.6 is 24.2 Å². The van der Waals surface area contributed by atoms with Crippen LogP contribution in [0.15, 0.2) is 53.4 Å². The molecule has 0 aliphatic heterocycles. The number of halogens is 1. The molecular weight excluding hydrogens is 350 g/mol. The summed E-state index contributed by atoms with van der Waals surface area (Å²) >= 11 is 1.59. The van der Waals surface area contributed by atoms with Crippen LogP contribution in [0.2, 0.25) is 0 Å². The highest BCUT2D eigenvalue weighted by Gasteiger charge is 2.20. The van der Waals surface area contributed by atoms with Crippen LogP contribution in [0.1, 0.15) is 16.1 Å². The van der Waals surface area contributed by atoms with Crippen molar-refractivity contribution in [3.63, 3.8) is 0 Å². The number of aromatic carboxylic acids is 1. The van der Waals surface area contributed by atoms with E-state index in [-0.39, 0.29) is 29.2 Å². The summed E-state index contributed by atoms with van der Waals surface area (Å²) in [5.74, 6) is -0.347. The number of phenolic OH excluding ortho intramolecular Hbond substituents is 1. The Morgan fingerprint density at radius 1 is 1.17 bits per heavy atom. The monoisotopic (exact) mass is 367 g/mol. The molecule has 0 aliphatic carbocycles. The summed E-state index contributed by atoms with van der Waals surface area (Å²) in [6.07, 6.45) is 0. The van der Waals surface area contributed by atoms with E-state index in [1.165, 1.54) is 6.07 Å². The van der Waals surface area contributed by atoms with Crippen molar-refractivity contribution in [2.75, 3.05) is 0 Å². The lowest BCUT2D eigenvalue weighted by Gasteiger charge is -2.06. The minimum absolute atomic E-state index is 0. The van der Waals surface area contributed by atoms with Gasteiger partial charge in [-0.3, -0.25) is 0 Å². The Morgan fingerprint density at radius 2 is 1.83 bits per heavy atom. The maximum absolute atomic E-state index is 11.7. The molecule has 0 radical (unpaired) electrons. The van der Waals surface area contributed by atoms with Gasteiger partial charge in [0.05, 0.1) is 5.56 Å². The van der Waals surface area contributed by atoms with Crippen LogP contribution in [0.5, 0.6) is 5.75 Å². The third-order valence-electron chi connectivity index (χ3n) is 3.64. The van der Waals surface area contributed by atoms with Gasteiger partial charge in [-0.1, -0.05) is 18.2 Å². The number of rotatable bonds is 4. The smallest absolute Gasteiger partial charge is 0.338 e. The summed E-state index contributed by atoms with van der Waals surface area (Å²) in [7, 11) is 1.85. The van der Waals surface area contributed by atoms with Crippen LogP contribution in [0.25, 0.3) is 10.9 Å². The number of carboxylic acid groups (broad SMARTS) is 1. The van der Waals surface area contributed by atoms with Crippen LogP contribution in [0, 0.1) is 0 Å². The predicted molar refractivity (Wildman–Crippen MR) is 98.4 cm³/mol. The van der Waals surface area contributed by atoms with Gasteiger partial charge in [0.15, 0.2) is 0 Å². The summed E-state index contributed by atoms with van der Waals surface area (Å²) in [6.45, 7) is 0. The summed E-state index contributed by atoms with van der Waals surface area (Å²) < 4.78 is 1.88. The second-order valence-electron chi connectivity index (χ2n) is 4.99. The van der Waals surface area contributed by atoms with E-state index in [9.17, 15) is 15.0 Å². The molecule has 2 aromatic carbocycles. The summed E-state index contributed by atoms with van der Waals surface area (Å²) in [6, 6.07) is 14.7. The van der Waals surface area contributed by atoms with Crippen molar-refractivity contribution in [1.29, 1.82) is 0 Å². The Bertz CT molecular complexity index is 849. The van der Waals surface area contributed by atoms with E-state index in [1.54, 1.807) is 23.9 Å². The van der Waals surface area contributed by atoms with Crippen molar-refractivity contribution in [3.8, 4) is 5.75 Å². The number of nitrogens with zero attached hydrogens (tertiary/aromatic N) is 1. The topological polar surface area (TPSA) is 94.0 Å². The van der Waals surface area contributed by atoms with Gasteiger partial charge in [0, 0.05) is 34.3 Å². The van der Waals surface area contributed by atoms with E-state index < -0.39 is 5.97 Å². The summed E-state index contributed by atoms with van der Waals surface area (Å²) in [4.78, 5) is 12.8. The lowest BCUT2D eigenvalue weighted by atomic mass is 10.1. The van der Waals surface area contributed by atoms with Gasteiger partial charge in [0.25, 0.3) is 0 Å². The van der Waals surface area contributed by atoms with E-state index in [2.05, 4.69) is 0 Å². The average molecular weight is 368 g/mol. The van der Waals surface area contributed by atoms with Crippen molar-refractivity contribution >= 4 is 41.0 Å². The molecule has 4 N–H and O–H groups in total. The molecule has 0 atom stereocenters. The van der Waals surface area contributed by atoms with Gasteiger partial charge in [0.2, 0.25) is 0 Å². The molecule has 3 rings (SSSR count). The number of aromatic hydroxyl groups is 1. The standard InChI is InChI=1S/C17H15NO3S.ClH.H2O/c1-18-14-8-7-11(19)9-13(14)16(17(20)21)15(18)10-22-12-5-3-2-4-6-12;;/h2-9,19H,10H2,1H3,(H,20,21);1H;1H2. The van der Waals surface area contributed by atoms with Crippen molar-refractivity contribution < 1.29 is 20.5 Å². The van der Waals surface area contributed by atoms with Crippen molar-refractivity contribution in [2.24, 2.45) is 7.05 Å². The highest BCUT2D eigenvalue weighted by atomic mass is 35.5. The van der Waals surface area contributed by atoms with Gasteiger partial charge in [0.1, 0.15) is 5.75 Å². The number of carbonyl (C=O) groups is 1. The minimum Gasteiger partial charge on any atom is -0.508 e. The largest absolute Gasteiger partial charge is 0.508 e. The van der Waals surface area contributed by atoms with Gasteiger partial charge in [-0.25, -0.2) is 4.79 Å². The van der Waals surface area contributed by atoms with Crippen molar-refractivity contribution in [3.05, 3.63) is 59.8 Å². The highest BCUT2D eigenvalue weighted by Crippen LogP contribution is 2.32. The number of carboxylic acids is 1. The summed E-state index contributed by atoms with van der Waals surface area (Å²) in [5, 5.41) is 19.8. The Kier molecular flexibility index (Phi) is 6.71. The SMILES string of the molecule is Cl.Cn1c(CSc2ccccc2)c(C(=O)O)c2cc(O)ccc21.O. The van der Waals surface area contributed by atoms with E-state index in [4.69, 9.17) is 0 Å². The number of aryl methyl sites for hydroxylation is 1. The molecular formula is C17H18ClNO4S. The number of thioether (sulfide) groups is 1. The van der Waals surface area contributed by atoms with Crippen LogP contribution in [0.3, 0.4) is 0 Å². The number of fused-ring (bicyclic) bond motifs is 1. The fourth-order valence-electron chi connectivity index (χ4n) is 2.56. The molecule has 0 saturated heterocycles. The Hall–Kier alpha value is -2.15. The zero-order valence-electron chi connectivity index (χ0n) is 12.9. The first-order valence-electron chi connectivity index (χ1n) is 6.79. The first kappa shape index (κ1) is 19.9. The number of aromatic nitrogens is 1. The lowest BCUT2D eigenvalue weighted by molar-refractivity contribution is 0.0698. The molecule has 1 aromatic heterocycles. The Morgan fingerprint density at radius 3 is 2.46 bits per heavy atom. The van der Waals surface area contributed by atoms with Crippen LogP contribution in [-0.2, 0) is 12.8 Å². The molecule has 0 bridgehead atoms. The highest BCUT2D eigenvalue weighted by molar-refractivity contribution is 7.98. The molecule has 24 heavy (non-hydrogen) atoms. The van der Waals surface area contributed by atoms with Crippen LogP contribution in [-0.4, -0.2) is 26.2 Å². The minimum atomic E-state index is -0.972. The van der Waals surface area contributed by atoms with E-state index in [0.717, 1.165) is 16.1 Å². The van der Waals surface area contributed by atoms with E-state index in [0.29, 0.717) is 11.1 Å². The van der Waals surface area contributed by atoms with Gasteiger partial charge in [-0.05, 0) is 30.3 Å². The molecule has 0 spiro atoms. The number of hydrogen-bond donors (Lipinski definition) is 2. The van der Waals surface area contributed by atoms with Crippen LogP contribution in [0.4, 0.5) is 0 Å².